The van der Waals surface area contributed by atoms with Gasteiger partial charge in [-0.3, -0.25) is 0 Å². The van der Waals surface area contributed by atoms with Crippen molar-refractivity contribution in [2.75, 3.05) is 30.3 Å². The van der Waals surface area contributed by atoms with Gasteiger partial charge in [-0.25, -0.2) is 28.1 Å². The maximum absolute atomic E-state index is 13.1. The van der Waals surface area contributed by atoms with Crippen LogP contribution in [-0.2, 0) is 29.4 Å². The Kier molecular flexibility index (Phi) is 7.49. The Bertz CT molecular complexity index is 1520. The van der Waals surface area contributed by atoms with Gasteiger partial charge in [-0.2, -0.15) is 0 Å². The van der Waals surface area contributed by atoms with Crippen LogP contribution in [0.25, 0.3) is 11.1 Å². The van der Waals surface area contributed by atoms with Crippen LogP contribution in [0.4, 0.5) is 11.6 Å². The third-order valence-electron chi connectivity index (χ3n) is 7.61. The number of anilines is 2. The summed E-state index contributed by atoms with van der Waals surface area (Å²) in [7, 11) is -3.87. The first-order valence-electron chi connectivity index (χ1n) is 13.7. The number of nitrogens with zero attached hydrogens (tertiary/aromatic N) is 4. The zero-order valence-corrected chi connectivity index (χ0v) is 24.5. The fourth-order valence-electron chi connectivity index (χ4n) is 5.30. The molecule has 40 heavy (non-hydrogen) atoms. The normalized spacial score (nSPS) is 17.0. The number of nitrogens with one attached hydrogen (secondary N) is 1. The smallest absolute Gasteiger partial charge is 0.244 e. The van der Waals surface area contributed by atoms with Crippen molar-refractivity contribution in [1.82, 2.24) is 19.7 Å². The van der Waals surface area contributed by atoms with E-state index in [1.807, 2.05) is 32.0 Å². The number of hydrogen-bond acceptors (Lipinski definition) is 9. The molecule has 5 N–H and O–H groups in total. The number of hydrogen-bond donors (Lipinski definition) is 3. The Morgan fingerprint density at radius 2 is 1.95 bits per heavy atom. The second-order valence-electron chi connectivity index (χ2n) is 12.3. The lowest BCUT2D eigenvalue weighted by Crippen LogP contribution is -2.37. The van der Waals surface area contributed by atoms with E-state index in [1.54, 1.807) is 18.6 Å². The molecule has 0 fully saturated rings. The van der Waals surface area contributed by atoms with Crippen LogP contribution in [0.3, 0.4) is 0 Å². The number of ether oxygens (including phenoxy) is 1. The summed E-state index contributed by atoms with van der Waals surface area (Å²) in [6.07, 6.45) is 6.75. The van der Waals surface area contributed by atoms with Crippen LogP contribution < -0.4 is 25.8 Å². The van der Waals surface area contributed by atoms with E-state index in [1.165, 1.54) is 5.56 Å². The van der Waals surface area contributed by atoms with Crippen molar-refractivity contribution in [1.29, 1.82) is 0 Å². The molecular formula is C29H39N7O3S. The van der Waals surface area contributed by atoms with E-state index in [2.05, 4.69) is 33.4 Å². The molecular weight excluding hydrogens is 526 g/mol. The standard InChI is InChI=1S/C29H39N7O3S/c1-28(2)8-7-23-22(15-28)27(34-18-33-23)36-11-12-39-24-6-5-19(13-21(24)17-36)20-14-25(26(30)32-16-20)40(37,38)35-10-9-29(3,4)31/h5-6,13-14,16,18,35H,7-12,15,17,31H2,1-4H3,(H2,30,32). The number of fused-ring (bicyclic) bond motifs is 2. The molecule has 0 saturated carbocycles. The highest BCUT2D eigenvalue weighted by Crippen LogP contribution is 2.39. The summed E-state index contributed by atoms with van der Waals surface area (Å²) in [6, 6.07) is 7.44. The molecule has 2 aromatic heterocycles. The van der Waals surface area contributed by atoms with Crippen LogP contribution >= 0.6 is 0 Å². The number of rotatable bonds is 7. The quantitative estimate of drug-likeness (QED) is 0.391. The molecule has 10 nitrogen and oxygen atoms in total. The van der Waals surface area contributed by atoms with E-state index in [9.17, 15) is 8.42 Å². The minimum Gasteiger partial charge on any atom is -0.491 e. The SMILES string of the molecule is CC(C)(N)CCNS(=O)(=O)c1cc(-c2ccc3c(c2)CN(c2ncnc4c2CC(C)(C)CC4)CCO3)cnc1N. The molecule has 0 amide bonds. The van der Waals surface area contributed by atoms with Crippen LogP contribution in [0.2, 0.25) is 0 Å². The fraction of sp³-hybridized carbons (Fsp3) is 0.483. The minimum atomic E-state index is -3.87. The molecule has 0 bridgehead atoms. The van der Waals surface area contributed by atoms with E-state index in [-0.39, 0.29) is 22.7 Å². The molecule has 0 radical (unpaired) electrons. The van der Waals surface area contributed by atoms with Gasteiger partial charge in [0.1, 0.15) is 35.2 Å². The van der Waals surface area contributed by atoms with Gasteiger partial charge in [0, 0.05) is 47.2 Å². The van der Waals surface area contributed by atoms with Crippen LogP contribution in [0.1, 0.15) is 57.4 Å². The molecule has 0 unspecified atom stereocenters. The van der Waals surface area contributed by atoms with Gasteiger partial charge in [-0.1, -0.05) is 19.9 Å². The number of pyridine rings is 1. The van der Waals surface area contributed by atoms with Crippen molar-refractivity contribution in [3.8, 4) is 16.9 Å². The predicted molar refractivity (Wildman–Crippen MR) is 157 cm³/mol. The van der Waals surface area contributed by atoms with Gasteiger partial charge in [0.15, 0.2) is 0 Å². The number of aromatic nitrogens is 3. The van der Waals surface area contributed by atoms with Crippen molar-refractivity contribution < 1.29 is 13.2 Å². The first-order valence-corrected chi connectivity index (χ1v) is 15.2. The molecule has 3 aromatic rings. The van der Waals surface area contributed by atoms with Crippen LogP contribution in [0, 0.1) is 5.41 Å². The maximum atomic E-state index is 13.1. The summed E-state index contributed by atoms with van der Waals surface area (Å²) in [5.41, 5.74) is 16.5. The third-order valence-corrected chi connectivity index (χ3v) is 9.10. The maximum Gasteiger partial charge on any atom is 0.244 e. The summed E-state index contributed by atoms with van der Waals surface area (Å²) in [6.45, 7) is 10.3. The Hall–Kier alpha value is -3.28. The molecule has 1 aliphatic heterocycles. The van der Waals surface area contributed by atoms with Gasteiger partial charge in [0.2, 0.25) is 10.0 Å². The average Bonchev–Trinajstić information content (AvgIpc) is 3.09. The molecule has 1 aliphatic carbocycles. The van der Waals surface area contributed by atoms with E-state index in [0.717, 1.165) is 47.7 Å². The summed E-state index contributed by atoms with van der Waals surface area (Å²) in [4.78, 5) is 15.7. The van der Waals surface area contributed by atoms with Gasteiger partial charge in [-0.05, 0) is 68.7 Å². The molecule has 1 aromatic carbocycles. The second kappa shape index (κ2) is 10.6. The Morgan fingerprint density at radius 1 is 1.15 bits per heavy atom. The molecule has 3 heterocycles. The zero-order valence-electron chi connectivity index (χ0n) is 23.7. The molecule has 0 saturated heterocycles. The van der Waals surface area contributed by atoms with Crippen LogP contribution in [-0.4, -0.2) is 48.6 Å². The highest BCUT2D eigenvalue weighted by Gasteiger charge is 2.31. The number of aryl methyl sites for hydroxylation is 1. The molecule has 5 rings (SSSR count). The van der Waals surface area contributed by atoms with Crippen LogP contribution in [0.5, 0.6) is 5.75 Å². The molecule has 11 heteroatoms. The molecule has 0 spiro atoms. The summed E-state index contributed by atoms with van der Waals surface area (Å²) >= 11 is 0. The number of nitrogen functional groups attached to an aromatic ring is 1. The molecule has 0 atom stereocenters. The zero-order chi connectivity index (χ0) is 28.7. The molecule has 2 aliphatic rings. The first kappa shape index (κ1) is 28.3. The lowest BCUT2D eigenvalue weighted by molar-refractivity contribution is 0.310. The van der Waals surface area contributed by atoms with Crippen molar-refractivity contribution in [3.63, 3.8) is 0 Å². The number of benzene rings is 1. The van der Waals surface area contributed by atoms with Crippen molar-refractivity contribution in [3.05, 3.63) is 53.6 Å². The topological polar surface area (TPSA) is 149 Å². The average molecular weight is 566 g/mol. The van der Waals surface area contributed by atoms with Gasteiger partial charge >= 0.3 is 0 Å². The monoisotopic (exact) mass is 565 g/mol. The van der Waals surface area contributed by atoms with Crippen LogP contribution in [0.15, 0.2) is 41.7 Å². The van der Waals surface area contributed by atoms with Crippen molar-refractivity contribution in [2.24, 2.45) is 11.1 Å². The number of nitrogens with two attached hydrogens (primary N) is 2. The Balaban J connectivity index is 1.43. The summed E-state index contributed by atoms with van der Waals surface area (Å²) < 4.78 is 34.8. The first-order chi connectivity index (χ1) is 18.8. The Morgan fingerprint density at radius 3 is 2.73 bits per heavy atom. The lowest BCUT2D eigenvalue weighted by atomic mass is 9.76. The van der Waals surface area contributed by atoms with E-state index in [4.69, 9.17) is 21.2 Å². The Labute approximate surface area is 236 Å². The van der Waals surface area contributed by atoms with Gasteiger partial charge in [-0.15, -0.1) is 0 Å². The summed E-state index contributed by atoms with van der Waals surface area (Å²) in [5, 5.41) is 0. The molecule has 214 valence electrons. The highest BCUT2D eigenvalue weighted by molar-refractivity contribution is 7.89. The number of sulfonamides is 1. The van der Waals surface area contributed by atoms with Gasteiger partial charge in [0.25, 0.3) is 0 Å². The van der Waals surface area contributed by atoms with Gasteiger partial charge < -0.3 is 21.1 Å². The largest absolute Gasteiger partial charge is 0.491 e. The van der Waals surface area contributed by atoms with E-state index < -0.39 is 15.6 Å². The van der Waals surface area contributed by atoms with Gasteiger partial charge in [0.05, 0.1) is 6.54 Å². The predicted octanol–water partition coefficient (Wildman–Crippen LogP) is 3.44. The van der Waals surface area contributed by atoms with E-state index in [0.29, 0.717) is 31.7 Å². The highest BCUT2D eigenvalue weighted by atomic mass is 32.2. The van der Waals surface area contributed by atoms with Crippen molar-refractivity contribution >= 4 is 21.7 Å². The fourth-order valence-corrected chi connectivity index (χ4v) is 6.44. The third kappa shape index (κ3) is 6.21. The second-order valence-corrected chi connectivity index (χ2v) is 14.0. The van der Waals surface area contributed by atoms with E-state index >= 15 is 0 Å². The summed E-state index contributed by atoms with van der Waals surface area (Å²) in [5.74, 6) is 1.72. The lowest BCUT2D eigenvalue weighted by Gasteiger charge is -2.33. The minimum absolute atomic E-state index is 0.0519. The van der Waals surface area contributed by atoms with Crippen molar-refractivity contribution in [2.45, 2.75) is 70.4 Å².